The molecular weight excluding hydrogens is 227 g/mol. The third-order valence-corrected chi connectivity index (χ3v) is 4.53. The smallest absolute Gasteiger partial charge is 0.286 e. The van der Waals surface area contributed by atoms with Gasteiger partial charge in [-0.2, -0.15) is 0 Å². The van der Waals surface area contributed by atoms with Crippen LogP contribution in [0.2, 0.25) is 0 Å². The monoisotopic (exact) mass is 238 g/mol. The summed E-state index contributed by atoms with van der Waals surface area (Å²) in [6.45, 7) is 2.35. The van der Waals surface area contributed by atoms with E-state index in [9.17, 15) is 9.36 Å². The minimum atomic E-state index is -3.29. The van der Waals surface area contributed by atoms with E-state index >= 15 is 0 Å². The highest BCUT2D eigenvalue weighted by molar-refractivity contribution is 8.13. The average molecular weight is 238 g/mol. The second-order valence-corrected chi connectivity index (χ2v) is 6.17. The molecule has 0 aliphatic carbocycles. The van der Waals surface area contributed by atoms with E-state index in [4.69, 9.17) is 13.6 Å². The molecule has 80 valence electrons. The Morgan fingerprint density at radius 2 is 1.86 bits per heavy atom. The molecular formula is C7H11O5PS. The van der Waals surface area contributed by atoms with Crippen molar-refractivity contribution in [3.63, 3.8) is 0 Å². The first-order chi connectivity index (χ1) is 6.60. The lowest BCUT2D eigenvalue weighted by Gasteiger charge is -2.42. The number of fused-ring (bicyclic) bond motifs is 3. The van der Waals surface area contributed by atoms with Gasteiger partial charge in [0.1, 0.15) is 5.41 Å². The maximum absolute atomic E-state index is 11.7. The Hall–Kier alpha value is 0.130. The summed E-state index contributed by atoms with van der Waals surface area (Å²) in [4.78, 5) is 11.7. The molecule has 0 aromatic heterocycles. The first kappa shape index (κ1) is 10.6. The van der Waals surface area contributed by atoms with Crippen molar-refractivity contribution in [2.75, 3.05) is 25.6 Å². The summed E-state index contributed by atoms with van der Waals surface area (Å²) >= 11 is 1.22. The topological polar surface area (TPSA) is 61.8 Å². The van der Waals surface area contributed by atoms with Crippen LogP contribution >= 0.6 is 19.6 Å². The van der Waals surface area contributed by atoms with E-state index in [2.05, 4.69) is 0 Å². The van der Waals surface area contributed by atoms with Gasteiger partial charge in [-0.1, -0.05) is 18.7 Å². The van der Waals surface area contributed by atoms with Crippen molar-refractivity contribution >= 4 is 24.7 Å². The van der Waals surface area contributed by atoms with Crippen molar-refractivity contribution in [1.82, 2.24) is 0 Å². The van der Waals surface area contributed by atoms with Gasteiger partial charge < -0.3 is 0 Å². The molecule has 0 radical (unpaired) electrons. The lowest BCUT2D eigenvalue weighted by atomic mass is 9.93. The quantitative estimate of drug-likeness (QED) is 0.678. The molecule has 3 heterocycles. The molecule has 0 aromatic carbocycles. The molecule has 7 heteroatoms. The number of carbonyl (C=O) groups is 1. The summed E-state index contributed by atoms with van der Waals surface area (Å²) in [5.74, 6) is 0.707. The number of hydrogen-bond acceptors (Lipinski definition) is 6. The van der Waals surface area contributed by atoms with Gasteiger partial charge in [-0.25, -0.2) is 4.57 Å². The Morgan fingerprint density at radius 1 is 1.36 bits per heavy atom. The van der Waals surface area contributed by atoms with Gasteiger partial charge in [-0.15, -0.1) is 0 Å². The summed E-state index contributed by atoms with van der Waals surface area (Å²) < 4.78 is 26.1. The van der Waals surface area contributed by atoms with Crippen LogP contribution in [0.1, 0.15) is 6.92 Å². The summed E-state index contributed by atoms with van der Waals surface area (Å²) in [6, 6.07) is 0. The van der Waals surface area contributed by atoms with E-state index < -0.39 is 13.2 Å². The summed E-state index contributed by atoms with van der Waals surface area (Å²) in [7, 11) is -3.29. The number of thioether (sulfide) groups is 1. The Labute approximate surface area is 86.1 Å². The predicted octanol–water partition coefficient (Wildman–Crippen LogP) is 1.44. The summed E-state index contributed by atoms with van der Waals surface area (Å²) in [6.07, 6.45) is 0. The predicted molar refractivity (Wildman–Crippen MR) is 51.0 cm³/mol. The molecule has 2 bridgehead atoms. The number of carbonyl (C=O) groups excluding carboxylic acids is 1. The van der Waals surface area contributed by atoms with Gasteiger partial charge in [0, 0.05) is 0 Å². The average Bonchev–Trinajstić information content (AvgIpc) is 2.20. The van der Waals surface area contributed by atoms with E-state index in [1.54, 1.807) is 0 Å². The van der Waals surface area contributed by atoms with Crippen molar-refractivity contribution < 1.29 is 22.9 Å². The Kier molecular flexibility index (Phi) is 2.74. The minimum absolute atomic E-state index is 0.00838. The molecule has 3 aliphatic heterocycles. The molecule has 0 N–H and O–H groups in total. The maximum Gasteiger partial charge on any atom is 0.474 e. The fourth-order valence-corrected chi connectivity index (χ4v) is 3.49. The summed E-state index contributed by atoms with van der Waals surface area (Å²) in [5, 5.41) is -0.00838. The van der Waals surface area contributed by atoms with E-state index in [-0.39, 0.29) is 24.9 Å². The molecule has 3 aliphatic rings. The van der Waals surface area contributed by atoms with Crippen molar-refractivity contribution in [2.45, 2.75) is 6.92 Å². The van der Waals surface area contributed by atoms with Gasteiger partial charge in [0.2, 0.25) is 5.12 Å². The Morgan fingerprint density at radius 3 is 2.29 bits per heavy atom. The highest BCUT2D eigenvalue weighted by atomic mass is 32.2. The molecule has 3 rings (SSSR count). The van der Waals surface area contributed by atoms with Crippen LogP contribution in [-0.2, 0) is 22.9 Å². The van der Waals surface area contributed by atoms with Crippen molar-refractivity contribution in [3.8, 4) is 0 Å². The number of rotatable bonds is 2. The fraction of sp³-hybridized carbons (Fsp3) is 0.857. The highest BCUT2D eigenvalue weighted by Crippen LogP contribution is 2.60. The zero-order valence-electron chi connectivity index (χ0n) is 7.73. The van der Waals surface area contributed by atoms with Gasteiger partial charge in [0.25, 0.3) is 0 Å². The lowest BCUT2D eigenvalue weighted by Crippen LogP contribution is -2.49. The number of phosphoric acid groups is 1. The molecule has 0 saturated carbocycles. The third-order valence-electron chi connectivity index (χ3n) is 2.21. The molecule has 0 spiro atoms. The SMILES string of the molecule is CCSC(=O)C12COP(=O)(OC1)OC2. The van der Waals surface area contributed by atoms with Gasteiger partial charge in [-0.05, 0) is 5.75 Å². The Balaban J connectivity index is 2.12. The normalized spacial score (nSPS) is 41.2. The van der Waals surface area contributed by atoms with Crippen LogP contribution < -0.4 is 0 Å². The van der Waals surface area contributed by atoms with Gasteiger partial charge in [0.05, 0.1) is 19.8 Å². The van der Waals surface area contributed by atoms with Crippen LogP contribution in [0.3, 0.4) is 0 Å². The number of hydrogen-bond donors (Lipinski definition) is 0. The van der Waals surface area contributed by atoms with Crippen LogP contribution in [0.25, 0.3) is 0 Å². The van der Waals surface area contributed by atoms with Gasteiger partial charge in [0.15, 0.2) is 0 Å². The highest BCUT2D eigenvalue weighted by Gasteiger charge is 2.54. The van der Waals surface area contributed by atoms with Gasteiger partial charge >= 0.3 is 7.82 Å². The molecule has 0 atom stereocenters. The second-order valence-electron chi connectivity index (χ2n) is 3.27. The van der Waals surface area contributed by atoms with Crippen LogP contribution in [0, 0.1) is 5.41 Å². The Bertz CT molecular complexity index is 273. The second kappa shape index (κ2) is 3.61. The fourth-order valence-electron chi connectivity index (χ4n) is 1.31. The largest absolute Gasteiger partial charge is 0.474 e. The zero-order chi connectivity index (χ0) is 10.2. The van der Waals surface area contributed by atoms with E-state index in [1.165, 1.54) is 11.8 Å². The van der Waals surface area contributed by atoms with Crippen LogP contribution in [-0.4, -0.2) is 30.7 Å². The standard InChI is InChI=1S/C7H11O5PS/c1-2-14-6(8)7-3-10-13(9,11-4-7)12-5-7/h2-5H2,1H3. The third kappa shape index (κ3) is 1.66. The molecule has 0 unspecified atom stereocenters. The minimum Gasteiger partial charge on any atom is -0.286 e. The summed E-state index contributed by atoms with van der Waals surface area (Å²) in [5.41, 5.74) is -0.743. The lowest BCUT2D eigenvalue weighted by molar-refractivity contribution is -0.140. The zero-order valence-corrected chi connectivity index (χ0v) is 9.44. The van der Waals surface area contributed by atoms with E-state index in [0.29, 0.717) is 5.75 Å². The van der Waals surface area contributed by atoms with E-state index in [0.717, 1.165) is 0 Å². The molecule has 0 aromatic rings. The van der Waals surface area contributed by atoms with Crippen LogP contribution in [0.15, 0.2) is 0 Å². The first-order valence-electron chi connectivity index (χ1n) is 4.31. The molecule has 5 nitrogen and oxygen atoms in total. The van der Waals surface area contributed by atoms with Crippen molar-refractivity contribution in [2.24, 2.45) is 5.41 Å². The first-order valence-corrected chi connectivity index (χ1v) is 6.76. The van der Waals surface area contributed by atoms with Crippen LogP contribution in [0.5, 0.6) is 0 Å². The maximum atomic E-state index is 11.7. The molecule has 3 fully saturated rings. The van der Waals surface area contributed by atoms with E-state index in [1.807, 2.05) is 6.92 Å². The van der Waals surface area contributed by atoms with Crippen LogP contribution in [0.4, 0.5) is 0 Å². The van der Waals surface area contributed by atoms with Crippen molar-refractivity contribution in [1.29, 1.82) is 0 Å². The molecule has 0 amide bonds. The van der Waals surface area contributed by atoms with Gasteiger partial charge in [-0.3, -0.25) is 18.4 Å². The molecule has 3 saturated heterocycles. The molecule has 14 heavy (non-hydrogen) atoms. The number of phosphoric ester groups is 1. The van der Waals surface area contributed by atoms with Crippen molar-refractivity contribution in [3.05, 3.63) is 0 Å².